The third kappa shape index (κ3) is 2.76. The van der Waals surface area contributed by atoms with Crippen molar-refractivity contribution in [3.8, 4) is 10.8 Å². The summed E-state index contributed by atoms with van der Waals surface area (Å²) in [5, 5.41) is 5.40. The van der Waals surface area contributed by atoms with Crippen LogP contribution in [0.15, 0.2) is 28.2 Å². The minimum Gasteiger partial charge on any atom is -0.462 e. The van der Waals surface area contributed by atoms with Crippen molar-refractivity contribution < 1.29 is 13.9 Å². The number of aromatic nitrogens is 1. The number of carbonyl (C=O) groups is 1. The van der Waals surface area contributed by atoms with Gasteiger partial charge in [0, 0.05) is 12.0 Å². The molecular weight excluding hydrogens is 276 g/mol. The lowest BCUT2D eigenvalue weighted by Gasteiger charge is -2.19. The zero-order chi connectivity index (χ0) is 13.9. The fraction of sp³-hybridized carbons (Fsp3) is 0.429. The van der Waals surface area contributed by atoms with Crippen LogP contribution >= 0.6 is 11.3 Å². The second-order valence-corrected chi connectivity index (χ2v) is 5.69. The minimum atomic E-state index is -0.165. The molecule has 1 N–H and O–H groups in total. The summed E-state index contributed by atoms with van der Waals surface area (Å²) < 4.78 is 10.8. The smallest absolute Gasteiger partial charge is 0.271 e. The Labute approximate surface area is 121 Å². The molecule has 1 saturated heterocycles. The molecule has 2 aromatic heterocycles. The molecule has 5 nitrogen and oxygen atoms in total. The predicted octanol–water partition coefficient (Wildman–Crippen LogP) is 2.70. The Morgan fingerprint density at radius 2 is 2.50 bits per heavy atom. The van der Waals surface area contributed by atoms with Gasteiger partial charge in [0.25, 0.3) is 5.91 Å². The van der Waals surface area contributed by atoms with Crippen LogP contribution in [-0.4, -0.2) is 29.6 Å². The van der Waals surface area contributed by atoms with E-state index in [4.69, 9.17) is 9.15 Å². The standard InChI is InChI=1S/C14H16N2O3S/c1-9(11-4-2-6-18-11)15-13(17)10-8-20-14(16-10)12-5-3-7-19-12/h3,5,7-9,11H,2,4,6H2,1H3,(H,15,17)/t9-,11-/m0/s1. The van der Waals surface area contributed by atoms with Gasteiger partial charge in [-0.1, -0.05) is 0 Å². The first-order chi connectivity index (χ1) is 9.74. The lowest BCUT2D eigenvalue weighted by atomic mass is 10.1. The SMILES string of the molecule is C[C@H](NC(=O)c1csc(-c2ccco2)n1)[C@@H]1CCCO1. The Bertz CT molecular complexity index is 573. The molecule has 0 bridgehead atoms. The number of furan rings is 1. The van der Waals surface area contributed by atoms with Crippen LogP contribution in [0.4, 0.5) is 0 Å². The van der Waals surface area contributed by atoms with Crippen molar-refractivity contribution in [1.82, 2.24) is 10.3 Å². The molecule has 3 heterocycles. The molecule has 0 aromatic carbocycles. The highest BCUT2D eigenvalue weighted by molar-refractivity contribution is 7.13. The Kier molecular flexibility index (Phi) is 3.84. The molecule has 3 rings (SSSR count). The highest BCUT2D eigenvalue weighted by Crippen LogP contribution is 2.24. The maximum absolute atomic E-state index is 12.1. The highest BCUT2D eigenvalue weighted by Gasteiger charge is 2.24. The van der Waals surface area contributed by atoms with Crippen LogP contribution in [0.1, 0.15) is 30.3 Å². The molecule has 0 aliphatic carbocycles. The molecule has 1 fully saturated rings. The lowest BCUT2D eigenvalue weighted by Crippen LogP contribution is -2.40. The summed E-state index contributed by atoms with van der Waals surface area (Å²) in [7, 11) is 0. The minimum absolute atomic E-state index is 0.00115. The second kappa shape index (κ2) is 5.76. The van der Waals surface area contributed by atoms with Gasteiger partial charge >= 0.3 is 0 Å². The first-order valence-electron chi connectivity index (χ1n) is 6.66. The summed E-state index contributed by atoms with van der Waals surface area (Å²) in [4.78, 5) is 16.4. The van der Waals surface area contributed by atoms with Gasteiger partial charge in [-0.15, -0.1) is 11.3 Å². The van der Waals surface area contributed by atoms with E-state index in [0.717, 1.165) is 19.4 Å². The zero-order valence-corrected chi connectivity index (χ0v) is 12.0. The molecule has 1 aliphatic heterocycles. The van der Waals surface area contributed by atoms with Gasteiger partial charge in [-0.2, -0.15) is 0 Å². The molecule has 0 unspecified atom stereocenters. The fourth-order valence-corrected chi connectivity index (χ4v) is 3.03. The Morgan fingerprint density at radius 1 is 1.60 bits per heavy atom. The van der Waals surface area contributed by atoms with E-state index < -0.39 is 0 Å². The molecule has 0 radical (unpaired) electrons. The van der Waals surface area contributed by atoms with E-state index in [1.54, 1.807) is 17.7 Å². The van der Waals surface area contributed by atoms with Crippen molar-refractivity contribution >= 4 is 17.2 Å². The van der Waals surface area contributed by atoms with Gasteiger partial charge in [0.1, 0.15) is 5.69 Å². The van der Waals surface area contributed by atoms with Gasteiger partial charge in [0.2, 0.25) is 0 Å². The largest absolute Gasteiger partial charge is 0.462 e. The Balaban J connectivity index is 1.65. The van der Waals surface area contributed by atoms with Crippen molar-refractivity contribution in [2.45, 2.75) is 31.9 Å². The third-order valence-electron chi connectivity index (χ3n) is 3.35. The van der Waals surface area contributed by atoms with Crippen LogP contribution in [0.3, 0.4) is 0 Å². The summed E-state index contributed by atoms with van der Waals surface area (Å²) in [6.07, 6.45) is 3.76. The van der Waals surface area contributed by atoms with E-state index in [1.807, 2.05) is 13.0 Å². The van der Waals surface area contributed by atoms with Crippen LogP contribution in [-0.2, 0) is 4.74 Å². The molecule has 20 heavy (non-hydrogen) atoms. The number of ether oxygens (including phenoxy) is 1. The number of carbonyl (C=O) groups excluding carboxylic acids is 1. The number of rotatable bonds is 4. The molecule has 6 heteroatoms. The van der Waals surface area contributed by atoms with Crippen molar-refractivity contribution in [3.05, 3.63) is 29.5 Å². The zero-order valence-electron chi connectivity index (χ0n) is 11.2. The molecular formula is C14H16N2O3S. The maximum Gasteiger partial charge on any atom is 0.271 e. The van der Waals surface area contributed by atoms with Crippen molar-refractivity contribution in [2.24, 2.45) is 0 Å². The van der Waals surface area contributed by atoms with E-state index >= 15 is 0 Å². The predicted molar refractivity (Wildman–Crippen MR) is 75.7 cm³/mol. The van der Waals surface area contributed by atoms with E-state index in [9.17, 15) is 4.79 Å². The van der Waals surface area contributed by atoms with Gasteiger partial charge in [-0.25, -0.2) is 4.98 Å². The molecule has 106 valence electrons. The van der Waals surface area contributed by atoms with Crippen molar-refractivity contribution in [2.75, 3.05) is 6.61 Å². The number of thiazole rings is 1. The van der Waals surface area contributed by atoms with Gasteiger partial charge in [0.15, 0.2) is 10.8 Å². The van der Waals surface area contributed by atoms with E-state index in [2.05, 4.69) is 10.3 Å². The van der Waals surface area contributed by atoms with Gasteiger partial charge in [0.05, 0.1) is 18.4 Å². The molecule has 1 aliphatic rings. The first kappa shape index (κ1) is 13.3. The van der Waals surface area contributed by atoms with Gasteiger partial charge < -0.3 is 14.5 Å². The van der Waals surface area contributed by atoms with Crippen LogP contribution in [0.5, 0.6) is 0 Å². The average Bonchev–Trinajstić information content (AvgIpc) is 3.19. The van der Waals surface area contributed by atoms with Crippen LogP contribution in [0, 0.1) is 0 Å². The van der Waals surface area contributed by atoms with Gasteiger partial charge in [-0.3, -0.25) is 4.79 Å². The third-order valence-corrected chi connectivity index (χ3v) is 4.21. The Hall–Kier alpha value is -1.66. The van der Waals surface area contributed by atoms with Crippen LogP contribution in [0.2, 0.25) is 0 Å². The topological polar surface area (TPSA) is 64.4 Å². The summed E-state index contributed by atoms with van der Waals surface area (Å²) in [5.41, 5.74) is 0.422. The number of nitrogens with one attached hydrogen (secondary N) is 1. The molecule has 0 saturated carbocycles. The number of amides is 1. The highest BCUT2D eigenvalue weighted by atomic mass is 32.1. The van der Waals surface area contributed by atoms with E-state index in [-0.39, 0.29) is 18.1 Å². The molecule has 2 atom stereocenters. The summed E-state index contributed by atoms with van der Waals surface area (Å²) in [6.45, 7) is 2.75. The molecule has 2 aromatic rings. The van der Waals surface area contributed by atoms with Crippen molar-refractivity contribution in [1.29, 1.82) is 0 Å². The van der Waals surface area contributed by atoms with E-state index in [1.165, 1.54) is 11.3 Å². The molecule has 0 spiro atoms. The summed E-state index contributed by atoms with van der Waals surface area (Å²) in [6, 6.07) is 3.63. The van der Waals surface area contributed by atoms with Crippen LogP contribution < -0.4 is 5.32 Å². The summed E-state index contributed by atoms with van der Waals surface area (Å²) >= 11 is 1.40. The normalized spacial score (nSPS) is 19.9. The first-order valence-corrected chi connectivity index (χ1v) is 7.54. The van der Waals surface area contributed by atoms with Crippen LogP contribution in [0.25, 0.3) is 10.8 Å². The van der Waals surface area contributed by atoms with E-state index in [0.29, 0.717) is 16.5 Å². The quantitative estimate of drug-likeness (QED) is 0.941. The second-order valence-electron chi connectivity index (χ2n) is 4.83. The fourth-order valence-electron chi connectivity index (χ4n) is 2.26. The van der Waals surface area contributed by atoms with Crippen molar-refractivity contribution in [3.63, 3.8) is 0 Å². The number of nitrogens with zero attached hydrogens (tertiary/aromatic N) is 1. The van der Waals surface area contributed by atoms with Gasteiger partial charge in [-0.05, 0) is 31.9 Å². The average molecular weight is 292 g/mol. The monoisotopic (exact) mass is 292 g/mol. The maximum atomic E-state index is 12.1. The summed E-state index contributed by atoms with van der Waals surface area (Å²) in [5.74, 6) is 0.517. The number of hydrogen-bond acceptors (Lipinski definition) is 5. The lowest BCUT2D eigenvalue weighted by molar-refractivity contribution is 0.0710. The number of hydrogen-bond donors (Lipinski definition) is 1. The Morgan fingerprint density at radius 3 is 3.20 bits per heavy atom. The molecule has 1 amide bonds.